The van der Waals surface area contributed by atoms with Crippen LogP contribution < -0.4 is 5.73 Å². The Labute approximate surface area is 72.0 Å². The van der Waals surface area contributed by atoms with Gasteiger partial charge in [-0.25, -0.2) is 9.97 Å². The van der Waals surface area contributed by atoms with Gasteiger partial charge < -0.3 is 5.73 Å². The molecule has 1 heterocycles. The molecule has 1 aromatic rings. The number of aromatic nitrogens is 2. The van der Waals surface area contributed by atoms with Crippen LogP contribution in [0.2, 0.25) is 0 Å². The van der Waals surface area contributed by atoms with Crippen LogP contribution in [0.15, 0.2) is 6.33 Å². The van der Waals surface area contributed by atoms with Crippen LogP contribution in [0.1, 0.15) is 37.1 Å². The first-order chi connectivity index (χ1) is 5.83. The number of hydrogen-bond acceptors (Lipinski definition) is 3. The highest BCUT2D eigenvalue weighted by Crippen LogP contribution is 2.41. The first-order valence-electron chi connectivity index (χ1n) is 4.42. The topological polar surface area (TPSA) is 51.8 Å². The van der Waals surface area contributed by atoms with Gasteiger partial charge in [-0.3, -0.25) is 0 Å². The van der Waals surface area contributed by atoms with Gasteiger partial charge >= 0.3 is 0 Å². The molecule has 1 aliphatic carbocycles. The van der Waals surface area contributed by atoms with Crippen molar-refractivity contribution in [3.8, 4) is 0 Å². The fraction of sp³-hybridized carbons (Fsp3) is 0.556. The van der Waals surface area contributed by atoms with Crippen molar-refractivity contribution in [3.05, 3.63) is 17.7 Å². The van der Waals surface area contributed by atoms with Crippen LogP contribution in [-0.4, -0.2) is 9.97 Å². The Hall–Kier alpha value is -1.12. The predicted octanol–water partition coefficient (Wildman–Crippen LogP) is 1.50. The summed E-state index contributed by atoms with van der Waals surface area (Å²) >= 11 is 0. The summed E-state index contributed by atoms with van der Waals surface area (Å²) < 4.78 is 0. The van der Waals surface area contributed by atoms with E-state index in [4.69, 9.17) is 5.73 Å². The highest BCUT2D eigenvalue weighted by Gasteiger charge is 2.27. The Morgan fingerprint density at radius 3 is 2.83 bits per heavy atom. The van der Waals surface area contributed by atoms with E-state index in [1.54, 1.807) is 6.33 Å². The van der Waals surface area contributed by atoms with Gasteiger partial charge in [-0.1, -0.05) is 6.92 Å². The second-order valence-corrected chi connectivity index (χ2v) is 3.25. The Kier molecular flexibility index (Phi) is 1.71. The summed E-state index contributed by atoms with van der Waals surface area (Å²) in [6, 6.07) is 0. The lowest BCUT2D eigenvalue weighted by Gasteiger charge is -2.05. The molecule has 64 valence electrons. The average molecular weight is 163 g/mol. The van der Waals surface area contributed by atoms with Crippen molar-refractivity contribution < 1.29 is 0 Å². The van der Waals surface area contributed by atoms with E-state index >= 15 is 0 Å². The quantitative estimate of drug-likeness (QED) is 0.718. The molecule has 2 N–H and O–H groups in total. The van der Waals surface area contributed by atoms with Crippen LogP contribution in [0.4, 0.5) is 5.69 Å². The summed E-state index contributed by atoms with van der Waals surface area (Å²) in [6.45, 7) is 2.06. The van der Waals surface area contributed by atoms with Crippen molar-refractivity contribution in [1.29, 1.82) is 0 Å². The van der Waals surface area contributed by atoms with E-state index in [1.165, 1.54) is 12.8 Å². The molecule has 1 aromatic heterocycles. The number of nitrogens with zero attached hydrogens (tertiary/aromatic N) is 2. The smallest absolute Gasteiger partial charge is 0.116 e. The third-order valence-electron chi connectivity index (χ3n) is 2.30. The van der Waals surface area contributed by atoms with Gasteiger partial charge in [0.1, 0.15) is 6.33 Å². The molecular formula is C9H13N3. The summed E-state index contributed by atoms with van der Waals surface area (Å²) in [5, 5.41) is 0. The summed E-state index contributed by atoms with van der Waals surface area (Å²) in [6.07, 6.45) is 5.01. The van der Waals surface area contributed by atoms with E-state index in [0.29, 0.717) is 5.92 Å². The predicted molar refractivity (Wildman–Crippen MR) is 47.8 cm³/mol. The average Bonchev–Trinajstić information content (AvgIpc) is 2.88. The zero-order valence-electron chi connectivity index (χ0n) is 7.25. The zero-order chi connectivity index (χ0) is 8.55. The molecule has 12 heavy (non-hydrogen) atoms. The van der Waals surface area contributed by atoms with Gasteiger partial charge in [0.25, 0.3) is 0 Å². The van der Waals surface area contributed by atoms with Crippen LogP contribution in [0.25, 0.3) is 0 Å². The lowest BCUT2D eigenvalue weighted by atomic mass is 10.2. The summed E-state index contributed by atoms with van der Waals surface area (Å²) in [7, 11) is 0. The molecule has 0 spiro atoms. The number of rotatable bonds is 2. The van der Waals surface area contributed by atoms with Gasteiger partial charge in [0.2, 0.25) is 0 Å². The first-order valence-corrected chi connectivity index (χ1v) is 4.42. The number of aryl methyl sites for hydroxylation is 1. The number of nitrogen functional groups attached to an aromatic ring is 1. The molecule has 0 unspecified atom stereocenters. The Bertz CT molecular complexity index is 292. The normalized spacial score (nSPS) is 16.4. The minimum absolute atomic E-state index is 0.623. The fourth-order valence-corrected chi connectivity index (χ4v) is 1.41. The standard InChI is InChI=1S/C9H13N3/c1-2-7-8(10)9(6-3-4-6)12-5-11-7/h5-6H,2-4,10H2,1H3. The highest BCUT2D eigenvalue weighted by atomic mass is 14.9. The largest absolute Gasteiger partial charge is 0.396 e. The van der Waals surface area contributed by atoms with E-state index in [-0.39, 0.29) is 0 Å². The van der Waals surface area contributed by atoms with Crippen molar-refractivity contribution in [2.24, 2.45) is 0 Å². The molecule has 2 rings (SSSR count). The maximum Gasteiger partial charge on any atom is 0.116 e. The molecule has 0 aliphatic heterocycles. The molecular weight excluding hydrogens is 150 g/mol. The van der Waals surface area contributed by atoms with Gasteiger partial charge in [-0.05, 0) is 19.3 Å². The van der Waals surface area contributed by atoms with Crippen LogP contribution in [0.3, 0.4) is 0 Å². The van der Waals surface area contributed by atoms with Gasteiger partial charge in [0.15, 0.2) is 0 Å². The van der Waals surface area contributed by atoms with Crippen molar-refractivity contribution >= 4 is 5.69 Å². The van der Waals surface area contributed by atoms with E-state index in [1.807, 2.05) is 0 Å². The minimum Gasteiger partial charge on any atom is -0.396 e. The fourth-order valence-electron chi connectivity index (χ4n) is 1.41. The van der Waals surface area contributed by atoms with Crippen LogP contribution in [0.5, 0.6) is 0 Å². The molecule has 0 aromatic carbocycles. The van der Waals surface area contributed by atoms with Crippen molar-refractivity contribution in [2.45, 2.75) is 32.1 Å². The van der Waals surface area contributed by atoms with Crippen molar-refractivity contribution in [2.75, 3.05) is 5.73 Å². The number of nitrogens with two attached hydrogens (primary N) is 1. The minimum atomic E-state index is 0.623. The third-order valence-corrected chi connectivity index (χ3v) is 2.30. The van der Waals surface area contributed by atoms with E-state index in [2.05, 4.69) is 16.9 Å². The van der Waals surface area contributed by atoms with Crippen LogP contribution >= 0.6 is 0 Å². The lowest BCUT2D eigenvalue weighted by molar-refractivity contribution is 0.937. The maximum absolute atomic E-state index is 5.91. The third kappa shape index (κ3) is 1.15. The SMILES string of the molecule is CCc1ncnc(C2CC2)c1N. The van der Waals surface area contributed by atoms with E-state index in [9.17, 15) is 0 Å². The second kappa shape index (κ2) is 2.73. The van der Waals surface area contributed by atoms with Crippen LogP contribution in [0, 0.1) is 0 Å². The maximum atomic E-state index is 5.91. The monoisotopic (exact) mass is 163 g/mol. The van der Waals surface area contributed by atoms with Gasteiger partial charge in [0.05, 0.1) is 17.1 Å². The Balaban J connectivity index is 2.40. The van der Waals surface area contributed by atoms with Crippen LogP contribution in [-0.2, 0) is 6.42 Å². The molecule has 0 amide bonds. The van der Waals surface area contributed by atoms with Gasteiger partial charge in [0, 0.05) is 5.92 Å². The highest BCUT2D eigenvalue weighted by molar-refractivity contribution is 5.49. The zero-order valence-corrected chi connectivity index (χ0v) is 7.25. The Morgan fingerprint density at radius 1 is 1.50 bits per heavy atom. The molecule has 0 radical (unpaired) electrons. The molecule has 3 nitrogen and oxygen atoms in total. The molecule has 0 saturated heterocycles. The first kappa shape index (κ1) is 7.53. The summed E-state index contributed by atoms with van der Waals surface area (Å²) in [5.41, 5.74) is 8.80. The molecule has 1 saturated carbocycles. The second-order valence-electron chi connectivity index (χ2n) is 3.25. The molecule has 0 bridgehead atoms. The molecule has 0 atom stereocenters. The summed E-state index contributed by atoms with van der Waals surface area (Å²) in [4.78, 5) is 8.34. The number of anilines is 1. The number of hydrogen-bond donors (Lipinski definition) is 1. The van der Waals surface area contributed by atoms with Crippen molar-refractivity contribution in [3.63, 3.8) is 0 Å². The molecule has 1 fully saturated rings. The van der Waals surface area contributed by atoms with Crippen molar-refractivity contribution in [1.82, 2.24) is 9.97 Å². The van der Waals surface area contributed by atoms with Gasteiger partial charge in [-0.15, -0.1) is 0 Å². The lowest BCUT2D eigenvalue weighted by Crippen LogP contribution is -2.03. The summed E-state index contributed by atoms with van der Waals surface area (Å²) in [5.74, 6) is 0.623. The van der Waals surface area contributed by atoms with Gasteiger partial charge in [-0.2, -0.15) is 0 Å². The van der Waals surface area contributed by atoms with E-state index in [0.717, 1.165) is 23.5 Å². The Morgan fingerprint density at radius 2 is 2.25 bits per heavy atom. The molecule has 3 heteroatoms. The molecule has 1 aliphatic rings. The van der Waals surface area contributed by atoms with E-state index < -0.39 is 0 Å².